The molecule has 6 nitrogen and oxygen atoms in total. The van der Waals surface area contributed by atoms with Crippen molar-refractivity contribution in [1.29, 1.82) is 0 Å². The van der Waals surface area contributed by atoms with Gasteiger partial charge in [0.25, 0.3) is 0 Å². The van der Waals surface area contributed by atoms with E-state index in [9.17, 15) is 13.2 Å². The fourth-order valence-corrected chi connectivity index (χ4v) is 5.11. The second-order valence-electron chi connectivity index (χ2n) is 7.76. The molecule has 3 rings (SSSR count). The normalized spacial score (nSPS) is 13.1. The summed E-state index contributed by atoms with van der Waals surface area (Å²) >= 11 is 6.14. The van der Waals surface area contributed by atoms with Gasteiger partial charge in [0.1, 0.15) is 11.8 Å². The number of benzene rings is 3. The van der Waals surface area contributed by atoms with E-state index in [4.69, 9.17) is 16.3 Å². The molecule has 2 atom stereocenters. The summed E-state index contributed by atoms with van der Waals surface area (Å²) in [4.78, 5) is 13.5. The molecule has 0 aliphatic heterocycles. The number of methoxy groups -OCH3 is 1. The van der Waals surface area contributed by atoms with E-state index in [0.717, 1.165) is 27.3 Å². The largest absolute Gasteiger partial charge is 0.495 e. The third-order valence-corrected chi connectivity index (χ3v) is 6.85. The second-order valence-corrected chi connectivity index (χ2v) is 10.1. The predicted octanol–water partition coefficient (Wildman–Crippen LogP) is 4.72. The first kappa shape index (κ1) is 24.6. The van der Waals surface area contributed by atoms with Crippen LogP contribution in [0.1, 0.15) is 29.7 Å². The quantitative estimate of drug-likeness (QED) is 0.500. The van der Waals surface area contributed by atoms with E-state index in [-0.39, 0.29) is 5.69 Å². The van der Waals surface area contributed by atoms with Crippen LogP contribution in [0.4, 0.5) is 5.69 Å². The van der Waals surface area contributed by atoms with E-state index in [0.29, 0.717) is 10.8 Å². The molecule has 174 valence electrons. The highest BCUT2D eigenvalue weighted by molar-refractivity contribution is 7.92. The zero-order chi connectivity index (χ0) is 24.2. The number of carbonyl (C=O) groups excluding carboxylic acids is 1. The van der Waals surface area contributed by atoms with Crippen molar-refractivity contribution in [3.63, 3.8) is 0 Å². The van der Waals surface area contributed by atoms with Crippen molar-refractivity contribution in [2.45, 2.75) is 25.9 Å². The summed E-state index contributed by atoms with van der Waals surface area (Å²) in [7, 11) is -2.42. The molecule has 1 N–H and O–H groups in total. The number of ether oxygens (including phenoxy) is 1. The highest BCUT2D eigenvalue weighted by atomic mass is 35.5. The molecule has 0 spiro atoms. The molecule has 8 heteroatoms. The molecule has 0 aromatic heterocycles. The van der Waals surface area contributed by atoms with Crippen molar-refractivity contribution in [2.24, 2.45) is 0 Å². The molecule has 0 aliphatic carbocycles. The van der Waals surface area contributed by atoms with E-state index in [1.807, 2.05) is 61.5 Å². The van der Waals surface area contributed by atoms with E-state index < -0.39 is 28.0 Å². The third kappa shape index (κ3) is 5.67. The topological polar surface area (TPSA) is 75.7 Å². The molecule has 0 saturated carbocycles. The summed E-state index contributed by atoms with van der Waals surface area (Å²) in [5.74, 6) is -0.164. The predicted molar refractivity (Wildman–Crippen MR) is 132 cm³/mol. The van der Waals surface area contributed by atoms with E-state index >= 15 is 0 Å². The Morgan fingerprint density at radius 1 is 1.03 bits per heavy atom. The first-order valence-electron chi connectivity index (χ1n) is 10.4. The maximum Gasteiger partial charge on any atom is 0.244 e. The van der Waals surface area contributed by atoms with Gasteiger partial charge < -0.3 is 10.1 Å². The maximum atomic E-state index is 13.5. The first-order valence-corrected chi connectivity index (χ1v) is 12.6. The molecule has 0 heterocycles. The number of halogens is 1. The minimum atomic E-state index is -3.85. The Hall–Kier alpha value is -3.03. The van der Waals surface area contributed by atoms with E-state index in [1.165, 1.54) is 20.1 Å². The Balaban J connectivity index is 2.02. The Kier molecular flexibility index (Phi) is 7.66. The smallest absolute Gasteiger partial charge is 0.244 e. The Morgan fingerprint density at radius 3 is 2.27 bits per heavy atom. The number of hydrogen-bond donors (Lipinski definition) is 1. The van der Waals surface area contributed by atoms with E-state index in [1.54, 1.807) is 12.1 Å². The van der Waals surface area contributed by atoms with Crippen LogP contribution in [0.25, 0.3) is 0 Å². The fourth-order valence-electron chi connectivity index (χ4n) is 3.78. The summed E-state index contributed by atoms with van der Waals surface area (Å²) in [6.45, 7) is 3.51. The van der Waals surface area contributed by atoms with Gasteiger partial charge >= 0.3 is 0 Å². The molecule has 1 amide bonds. The number of rotatable bonds is 8. The van der Waals surface area contributed by atoms with Gasteiger partial charge in [-0.15, -0.1) is 0 Å². The number of hydrogen-bond acceptors (Lipinski definition) is 4. The van der Waals surface area contributed by atoms with Crippen LogP contribution >= 0.6 is 11.6 Å². The van der Waals surface area contributed by atoms with Crippen molar-refractivity contribution < 1.29 is 17.9 Å². The van der Waals surface area contributed by atoms with Gasteiger partial charge in [0.05, 0.1) is 25.1 Å². The number of anilines is 1. The number of aryl methyl sites for hydroxylation is 1. The van der Waals surface area contributed by atoms with Crippen LogP contribution in [-0.4, -0.2) is 33.7 Å². The molecule has 0 radical (unpaired) electrons. The van der Waals surface area contributed by atoms with E-state index in [2.05, 4.69) is 5.32 Å². The first-order chi connectivity index (χ1) is 15.6. The number of carbonyl (C=O) groups is 1. The molecule has 0 unspecified atom stereocenters. The molecular formula is C25H27ClN2O4S. The summed E-state index contributed by atoms with van der Waals surface area (Å²) in [6, 6.07) is 20.4. The number of nitrogens with zero attached hydrogens (tertiary/aromatic N) is 1. The average Bonchev–Trinajstić information content (AvgIpc) is 2.78. The van der Waals surface area contributed by atoms with Crippen molar-refractivity contribution >= 4 is 33.2 Å². The van der Waals surface area contributed by atoms with Crippen LogP contribution in [0.3, 0.4) is 0 Å². The van der Waals surface area contributed by atoms with Crippen LogP contribution in [-0.2, 0) is 14.8 Å². The van der Waals surface area contributed by atoms with Crippen LogP contribution in [0.15, 0.2) is 72.8 Å². The molecule has 0 aliphatic rings. The third-order valence-electron chi connectivity index (χ3n) is 5.39. The minimum Gasteiger partial charge on any atom is -0.495 e. The van der Waals surface area contributed by atoms with Crippen LogP contribution in [0.5, 0.6) is 5.75 Å². The van der Waals surface area contributed by atoms with Gasteiger partial charge in [-0.05, 0) is 48.7 Å². The average molecular weight is 487 g/mol. The van der Waals surface area contributed by atoms with Crippen molar-refractivity contribution in [1.82, 2.24) is 5.32 Å². The van der Waals surface area contributed by atoms with Crippen molar-refractivity contribution in [3.8, 4) is 5.75 Å². The number of amides is 1. The van der Waals surface area contributed by atoms with Gasteiger partial charge in [-0.2, -0.15) is 0 Å². The molecular weight excluding hydrogens is 460 g/mol. The maximum absolute atomic E-state index is 13.5. The van der Waals surface area contributed by atoms with Gasteiger partial charge in [0.15, 0.2) is 0 Å². The molecule has 0 saturated heterocycles. The van der Waals surface area contributed by atoms with Crippen LogP contribution in [0, 0.1) is 6.92 Å². The number of sulfonamides is 1. The standard InChI is InChI=1S/C25H27ClN2O4S/c1-17-10-8-9-13-21(17)24(19-11-6-5-7-12-19)27-25(29)18(2)28(33(4,30)31)22-16-20(26)14-15-23(22)32-3/h5-16,18,24H,1-4H3,(H,27,29)/t18-,24-/m0/s1. The highest BCUT2D eigenvalue weighted by Crippen LogP contribution is 2.34. The molecule has 3 aromatic carbocycles. The zero-order valence-electron chi connectivity index (χ0n) is 18.9. The lowest BCUT2D eigenvalue weighted by Gasteiger charge is -2.31. The van der Waals surface area contributed by atoms with Crippen LogP contribution in [0.2, 0.25) is 5.02 Å². The summed E-state index contributed by atoms with van der Waals surface area (Å²) in [6.07, 6.45) is 1.05. The van der Waals surface area contributed by atoms with Gasteiger partial charge in [-0.1, -0.05) is 66.2 Å². The van der Waals surface area contributed by atoms with Gasteiger partial charge in [-0.25, -0.2) is 8.42 Å². The number of nitrogens with one attached hydrogen (secondary N) is 1. The summed E-state index contributed by atoms with van der Waals surface area (Å²) < 4.78 is 31.9. The van der Waals surface area contributed by atoms with Gasteiger partial charge in [-0.3, -0.25) is 9.10 Å². The monoisotopic (exact) mass is 486 g/mol. The van der Waals surface area contributed by atoms with Gasteiger partial charge in [0.2, 0.25) is 15.9 Å². The lowest BCUT2D eigenvalue weighted by atomic mass is 9.94. The summed E-state index contributed by atoms with van der Waals surface area (Å²) in [5, 5.41) is 3.37. The Labute approximate surface area is 200 Å². The van der Waals surface area contributed by atoms with Crippen molar-refractivity contribution in [3.05, 3.63) is 94.5 Å². The molecule has 0 fully saturated rings. The molecule has 33 heavy (non-hydrogen) atoms. The fraction of sp³-hybridized carbons (Fsp3) is 0.240. The lowest BCUT2D eigenvalue weighted by molar-refractivity contribution is -0.122. The highest BCUT2D eigenvalue weighted by Gasteiger charge is 2.33. The van der Waals surface area contributed by atoms with Gasteiger partial charge in [0, 0.05) is 5.02 Å². The molecule has 0 bridgehead atoms. The second kappa shape index (κ2) is 10.3. The lowest BCUT2D eigenvalue weighted by Crippen LogP contribution is -2.49. The SMILES string of the molecule is COc1ccc(Cl)cc1N([C@@H](C)C(=O)N[C@@H](c1ccccc1)c1ccccc1C)S(C)(=O)=O. The van der Waals surface area contributed by atoms with Crippen molar-refractivity contribution in [2.75, 3.05) is 17.7 Å². The Bertz CT molecular complexity index is 1230. The minimum absolute atomic E-state index is 0.197. The van der Waals surface area contributed by atoms with Crippen LogP contribution < -0.4 is 14.4 Å². The molecule has 3 aromatic rings. The summed E-state index contributed by atoms with van der Waals surface area (Å²) in [5.41, 5.74) is 3.02. The Morgan fingerprint density at radius 2 is 1.67 bits per heavy atom. The zero-order valence-corrected chi connectivity index (χ0v) is 20.5.